The second-order valence-electron chi connectivity index (χ2n) is 10.3. The summed E-state index contributed by atoms with van der Waals surface area (Å²) < 4.78 is 36.4. The van der Waals surface area contributed by atoms with Crippen molar-refractivity contribution in [2.45, 2.75) is 50.5 Å². The lowest BCUT2D eigenvalue weighted by molar-refractivity contribution is -0.378. The number of benzene rings is 2. The largest absolute Gasteiger partial charge is 0.379 e. The Bertz CT molecular complexity index is 1220. The van der Waals surface area contributed by atoms with Gasteiger partial charge in [0.05, 0.1) is 46.8 Å². The van der Waals surface area contributed by atoms with E-state index in [2.05, 4.69) is 0 Å². The predicted molar refractivity (Wildman–Crippen MR) is 157 cm³/mol. The Morgan fingerprint density at radius 3 is 1.78 bits per heavy atom. The molecule has 0 bridgehead atoms. The van der Waals surface area contributed by atoms with Gasteiger partial charge in [0.25, 0.3) is 5.91 Å². The van der Waals surface area contributed by atoms with Crippen molar-refractivity contribution in [1.82, 2.24) is 0 Å². The molecule has 0 spiro atoms. The van der Waals surface area contributed by atoms with E-state index in [1.54, 1.807) is 35.3 Å². The van der Waals surface area contributed by atoms with Gasteiger partial charge in [-0.25, -0.2) is 0 Å². The number of aryl methyl sites for hydroxylation is 2. The molecule has 8 nitrogen and oxygen atoms in total. The summed E-state index contributed by atoms with van der Waals surface area (Å²) in [5, 5.41) is 0.817. The zero-order chi connectivity index (χ0) is 29.2. The molecule has 2 aromatic carbocycles. The lowest BCUT2D eigenvalue weighted by Crippen LogP contribution is -2.62. The first-order chi connectivity index (χ1) is 19.7. The van der Waals surface area contributed by atoms with Gasteiger partial charge in [-0.3, -0.25) is 9.69 Å². The number of ether oxygens (including phenoxy) is 6. The Labute approximate surface area is 250 Å². The molecule has 2 fully saturated rings. The van der Waals surface area contributed by atoms with Gasteiger partial charge >= 0.3 is 0 Å². The van der Waals surface area contributed by atoms with E-state index in [4.69, 9.17) is 51.6 Å². The Morgan fingerprint density at radius 1 is 0.854 bits per heavy atom. The number of nitrogens with zero attached hydrogens (tertiary/aromatic N) is 1. The molecule has 0 saturated carbocycles. The predicted octanol–water partition coefficient (Wildman–Crippen LogP) is 6.07. The fraction of sp³-hybridized carbons (Fsp3) is 0.452. The third-order valence-electron chi connectivity index (χ3n) is 7.65. The van der Waals surface area contributed by atoms with Crippen LogP contribution in [0.3, 0.4) is 0 Å². The molecule has 41 heavy (non-hydrogen) atoms. The second-order valence-corrected chi connectivity index (χ2v) is 11.1. The van der Waals surface area contributed by atoms with Crippen molar-refractivity contribution >= 4 is 40.5 Å². The molecular weight excluding hydrogens is 569 g/mol. The summed E-state index contributed by atoms with van der Waals surface area (Å²) in [4.78, 5) is 16.3. The minimum atomic E-state index is -1.64. The maximum atomic E-state index is 14.7. The standard InChI is InChI=1S/C31H35Cl2NO7/c1-20-7-5-9-25(32)27(20)34(28-21(2)8-6-10-26(28)33)29(35)22-11-14-30(36-3,37-4)31(17-22,40-23-12-15-38-18-23)41-24-13-16-39-19-24/h5-11,14,17,23-24H,12-13,15-16,18-19H2,1-4H3. The van der Waals surface area contributed by atoms with Gasteiger partial charge in [0.1, 0.15) is 0 Å². The Balaban J connectivity index is 1.68. The van der Waals surface area contributed by atoms with Crippen LogP contribution in [0.5, 0.6) is 0 Å². The third-order valence-corrected chi connectivity index (χ3v) is 8.26. The molecule has 0 radical (unpaired) electrons. The van der Waals surface area contributed by atoms with E-state index in [0.29, 0.717) is 60.7 Å². The van der Waals surface area contributed by atoms with Gasteiger partial charge in [-0.15, -0.1) is 0 Å². The van der Waals surface area contributed by atoms with E-state index in [1.807, 2.05) is 38.1 Å². The molecule has 1 aliphatic carbocycles. The van der Waals surface area contributed by atoms with Crippen LogP contribution in [0.15, 0.2) is 60.2 Å². The van der Waals surface area contributed by atoms with Crippen LogP contribution in [0.25, 0.3) is 0 Å². The SMILES string of the molecule is COC1(OC)C=CC(C(=O)N(c2c(C)cccc2Cl)c2c(C)cccc2Cl)=CC1(OC1CCOC1)OC1CCOC1. The van der Waals surface area contributed by atoms with Crippen molar-refractivity contribution in [3.05, 3.63) is 81.4 Å². The Kier molecular flexibility index (Phi) is 9.23. The summed E-state index contributed by atoms with van der Waals surface area (Å²) in [6, 6.07) is 11.0. The molecule has 2 heterocycles. The molecular formula is C31H35Cl2NO7. The van der Waals surface area contributed by atoms with Crippen molar-refractivity contribution in [3.8, 4) is 0 Å². The average molecular weight is 605 g/mol. The Morgan fingerprint density at radius 2 is 1.37 bits per heavy atom. The molecule has 220 valence electrons. The number of hydrogen-bond donors (Lipinski definition) is 0. The van der Waals surface area contributed by atoms with E-state index in [0.717, 1.165) is 11.1 Å². The van der Waals surface area contributed by atoms with Crippen LogP contribution in [-0.2, 0) is 33.2 Å². The topological polar surface area (TPSA) is 75.7 Å². The average Bonchev–Trinajstić information content (AvgIpc) is 3.66. The number of amides is 1. The molecule has 0 aromatic heterocycles. The number of anilines is 2. The third kappa shape index (κ3) is 5.72. The van der Waals surface area contributed by atoms with Gasteiger partial charge in [-0.2, -0.15) is 0 Å². The number of methoxy groups -OCH3 is 2. The van der Waals surface area contributed by atoms with Crippen molar-refractivity contribution in [2.24, 2.45) is 0 Å². The number of halogens is 2. The van der Waals surface area contributed by atoms with E-state index in [1.165, 1.54) is 14.2 Å². The van der Waals surface area contributed by atoms with E-state index in [-0.39, 0.29) is 23.7 Å². The van der Waals surface area contributed by atoms with Crippen LogP contribution in [0.4, 0.5) is 11.4 Å². The maximum absolute atomic E-state index is 14.7. The summed E-state index contributed by atoms with van der Waals surface area (Å²) >= 11 is 13.5. The maximum Gasteiger partial charge on any atom is 0.262 e. The highest BCUT2D eigenvalue weighted by Gasteiger charge is 2.58. The zero-order valence-electron chi connectivity index (χ0n) is 23.7. The van der Waals surface area contributed by atoms with Crippen LogP contribution < -0.4 is 4.90 Å². The number of hydrogen-bond acceptors (Lipinski definition) is 7. The van der Waals surface area contributed by atoms with E-state index in [9.17, 15) is 4.79 Å². The van der Waals surface area contributed by atoms with Gasteiger partial charge in [0, 0.05) is 33.0 Å². The van der Waals surface area contributed by atoms with Gasteiger partial charge in [0.15, 0.2) is 0 Å². The molecule has 3 aliphatic rings. The number of rotatable bonds is 9. The molecule has 5 rings (SSSR count). The van der Waals surface area contributed by atoms with Crippen LogP contribution in [-0.4, -0.2) is 70.3 Å². The number of carbonyl (C=O) groups is 1. The molecule has 2 aliphatic heterocycles. The fourth-order valence-corrected chi connectivity index (χ4v) is 6.14. The van der Waals surface area contributed by atoms with Gasteiger partial charge in [0.2, 0.25) is 11.6 Å². The quantitative estimate of drug-likeness (QED) is 0.322. The van der Waals surface area contributed by atoms with Crippen LogP contribution in [0.1, 0.15) is 24.0 Å². The number of para-hydroxylation sites is 2. The first-order valence-corrected chi connectivity index (χ1v) is 14.4. The highest BCUT2D eigenvalue weighted by molar-refractivity contribution is 6.37. The van der Waals surface area contributed by atoms with Gasteiger partial charge in [-0.05, 0) is 68.2 Å². The minimum absolute atomic E-state index is 0.284. The lowest BCUT2D eigenvalue weighted by atomic mass is 9.92. The van der Waals surface area contributed by atoms with Gasteiger partial charge in [-0.1, -0.05) is 47.5 Å². The summed E-state index contributed by atoms with van der Waals surface area (Å²) in [6.07, 6.45) is 5.64. The number of carbonyl (C=O) groups excluding carboxylic acids is 1. The van der Waals surface area contributed by atoms with Crippen molar-refractivity contribution in [3.63, 3.8) is 0 Å². The highest BCUT2D eigenvalue weighted by Crippen LogP contribution is 2.45. The normalized spacial score (nSPS) is 25.4. The monoisotopic (exact) mass is 603 g/mol. The molecule has 2 saturated heterocycles. The van der Waals surface area contributed by atoms with Crippen molar-refractivity contribution < 1.29 is 33.2 Å². The molecule has 0 N–H and O–H groups in total. The smallest absolute Gasteiger partial charge is 0.262 e. The highest BCUT2D eigenvalue weighted by atomic mass is 35.5. The Hall–Kier alpha value is -2.27. The summed E-state index contributed by atoms with van der Waals surface area (Å²) in [7, 11) is 3.03. The fourth-order valence-electron chi connectivity index (χ4n) is 5.53. The first-order valence-electron chi connectivity index (χ1n) is 13.6. The molecule has 2 unspecified atom stereocenters. The van der Waals surface area contributed by atoms with Crippen LogP contribution in [0, 0.1) is 13.8 Å². The first kappa shape index (κ1) is 30.2. The summed E-state index contributed by atoms with van der Waals surface area (Å²) in [5.41, 5.74) is 2.95. The minimum Gasteiger partial charge on any atom is -0.379 e. The van der Waals surface area contributed by atoms with Gasteiger partial charge < -0.3 is 28.4 Å². The molecule has 1 amide bonds. The second kappa shape index (κ2) is 12.5. The van der Waals surface area contributed by atoms with E-state index < -0.39 is 11.6 Å². The van der Waals surface area contributed by atoms with Crippen molar-refractivity contribution in [1.29, 1.82) is 0 Å². The van der Waals surface area contributed by atoms with E-state index >= 15 is 0 Å². The molecule has 2 atom stereocenters. The lowest BCUT2D eigenvalue weighted by Gasteiger charge is -2.47. The molecule has 2 aromatic rings. The zero-order valence-corrected chi connectivity index (χ0v) is 25.2. The summed E-state index contributed by atoms with van der Waals surface area (Å²) in [5.74, 6) is -3.51. The summed E-state index contributed by atoms with van der Waals surface area (Å²) in [6.45, 7) is 5.65. The molecule has 10 heteroatoms. The van der Waals surface area contributed by atoms with Crippen LogP contribution >= 0.6 is 23.2 Å². The van der Waals surface area contributed by atoms with Crippen LogP contribution in [0.2, 0.25) is 10.0 Å². The van der Waals surface area contributed by atoms with Crippen molar-refractivity contribution in [2.75, 3.05) is 45.5 Å².